The van der Waals surface area contributed by atoms with Crippen molar-refractivity contribution in [3.63, 3.8) is 0 Å². The smallest absolute Gasteiger partial charge is 0.129 e. The van der Waals surface area contributed by atoms with Crippen LogP contribution < -0.4 is 10.5 Å². The summed E-state index contributed by atoms with van der Waals surface area (Å²) >= 11 is 0. The molecule has 0 heterocycles. The van der Waals surface area contributed by atoms with Crippen LogP contribution in [0, 0.1) is 13.8 Å². The summed E-state index contributed by atoms with van der Waals surface area (Å²) in [6, 6.07) is 27.1. The number of anilines is 1. The fourth-order valence-corrected chi connectivity index (χ4v) is 3.42. The Balaban J connectivity index is 1.82. The first-order valence-corrected chi connectivity index (χ1v) is 9.18. The monoisotopic (exact) mass is 353 g/mol. The van der Waals surface area contributed by atoms with E-state index in [1.807, 2.05) is 24.3 Å². The van der Waals surface area contributed by atoms with E-state index in [1.165, 1.54) is 11.1 Å². The molecule has 2 heteroatoms. The van der Waals surface area contributed by atoms with E-state index in [9.17, 15) is 0 Å². The van der Waals surface area contributed by atoms with Gasteiger partial charge in [0.25, 0.3) is 0 Å². The van der Waals surface area contributed by atoms with Crippen molar-refractivity contribution >= 4 is 16.5 Å². The largest absolute Gasteiger partial charge is 0.488 e. The molecule has 0 saturated heterocycles. The van der Waals surface area contributed by atoms with Crippen molar-refractivity contribution in [1.82, 2.24) is 0 Å². The van der Waals surface area contributed by atoms with Crippen LogP contribution in [-0.2, 0) is 6.61 Å². The molecule has 0 aliphatic heterocycles. The lowest BCUT2D eigenvalue weighted by Gasteiger charge is -2.16. The Kier molecular flexibility index (Phi) is 4.55. The van der Waals surface area contributed by atoms with Crippen LogP contribution in [0.4, 0.5) is 5.69 Å². The lowest BCUT2D eigenvalue weighted by Crippen LogP contribution is -1.99. The zero-order valence-electron chi connectivity index (χ0n) is 15.7. The van der Waals surface area contributed by atoms with Gasteiger partial charge < -0.3 is 10.5 Å². The summed E-state index contributed by atoms with van der Waals surface area (Å²) in [6.45, 7) is 4.71. The van der Waals surface area contributed by atoms with Crippen LogP contribution in [0.5, 0.6) is 5.75 Å². The molecule has 0 saturated carbocycles. The van der Waals surface area contributed by atoms with Crippen LogP contribution in [0.15, 0.2) is 78.9 Å². The van der Waals surface area contributed by atoms with Gasteiger partial charge in [-0.25, -0.2) is 0 Å². The van der Waals surface area contributed by atoms with Gasteiger partial charge in [-0.2, -0.15) is 0 Å². The summed E-state index contributed by atoms with van der Waals surface area (Å²) in [5, 5.41) is 2.21. The molecule has 0 fully saturated rings. The molecular formula is C25H23NO. The summed E-state index contributed by atoms with van der Waals surface area (Å²) in [6.07, 6.45) is 0. The van der Waals surface area contributed by atoms with Crippen molar-refractivity contribution in [2.75, 3.05) is 5.73 Å². The SMILES string of the molecule is Cc1ccc(-c2c(N)cc(OCc3ccccc3)c3cc(C)ccc23)cc1. The predicted molar refractivity (Wildman–Crippen MR) is 114 cm³/mol. The molecule has 4 aromatic rings. The Hall–Kier alpha value is -3.26. The number of fused-ring (bicyclic) bond motifs is 1. The Morgan fingerprint density at radius 1 is 0.741 bits per heavy atom. The van der Waals surface area contributed by atoms with Gasteiger partial charge in [-0.3, -0.25) is 0 Å². The summed E-state index contributed by atoms with van der Waals surface area (Å²) in [5.74, 6) is 0.825. The molecule has 0 amide bonds. The van der Waals surface area contributed by atoms with Crippen molar-refractivity contribution in [2.24, 2.45) is 0 Å². The maximum atomic E-state index is 6.48. The van der Waals surface area contributed by atoms with Crippen molar-refractivity contribution in [1.29, 1.82) is 0 Å². The molecule has 0 aliphatic carbocycles. The summed E-state index contributed by atoms with van der Waals surface area (Å²) < 4.78 is 6.17. The van der Waals surface area contributed by atoms with Gasteiger partial charge in [0.05, 0.1) is 0 Å². The highest BCUT2D eigenvalue weighted by Gasteiger charge is 2.13. The number of benzene rings is 4. The second kappa shape index (κ2) is 7.16. The van der Waals surface area contributed by atoms with Gasteiger partial charge in [0.1, 0.15) is 12.4 Å². The van der Waals surface area contributed by atoms with Crippen LogP contribution in [0.3, 0.4) is 0 Å². The zero-order valence-corrected chi connectivity index (χ0v) is 15.7. The Bertz CT molecular complexity index is 1080. The molecule has 0 radical (unpaired) electrons. The molecule has 4 aromatic carbocycles. The third-order valence-corrected chi connectivity index (χ3v) is 4.86. The molecule has 27 heavy (non-hydrogen) atoms. The third-order valence-electron chi connectivity index (χ3n) is 4.86. The molecule has 0 bridgehead atoms. The van der Waals surface area contributed by atoms with Crippen molar-refractivity contribution in [2.45, 2.75) is 20.5 Å². The zero-order chi connectivity index (χ0) is 18.8. The fraction of sp³-hybridized carbons (Fsp3) is 0.120. The van der Waals surface area contributed by atoms with E-state index >= 15 is 0 Å². The number of nitrogen functional groups attached to an aromatic ring is 1. The molecule has 2 N–H and O–H groups in total. The molecule has 0 aliphatic rings. The maximum Gasteiger partial charge on any atom is 0.129 e. The lowest BCUT2D eigenvalue weighted by molar-refractivity contribution is 0.310. The minimum Gasteiger partial charge on any atom is -0.488 e. The Morgan fingerprint density at radius 2 is 1.44 bits per heavy atom. The van der Waals surface area contributed by atoms with E-state index < -0.39 is 0 Å². The molecule has 0 unspecified atom stereocenters. The van der Waals surface area contributed by atoms with E-state index in [1.54, 1.807) is 0 Å². The van der Waals surface area contributed by atoms with Gasteiger partial charge in [-0.15, -0.1) is 0 Å². The standard InChI is InChI=1S/C25H23NO/c1-17-8-11-20(12-9-17)25-21-13-10-18(2)14-22(21)24(15-23(25)26)27-16-19-6-4-3-5-7-19/h3-15H,16,26H2,1-2H3. The number of rotatable bonds is 4. The number of ether oxygens (including phenoxy) is 1. The lowest BCUT2D eigenvalue weighted by atomic mass is 9.94. The number of nitrogens with two attached hydrogens (primary N) is 1. The summed E-state index contributed by atoms with van der Waals surface area (Å²) in [5.41, 5.74) is 13.0. The van der Waals surface area contributed by atoms with E-state index in [2.05, 4.69) is 68.4 Å². The van der Waals surface area contributed by atoms with E-state index in [0.29, 0.717) is 6.61 Å². The summed E-state index contributed by atoms with van der Waals surface area (Å²) in [7, 11) is 0. The van der Waals surface area contributed by atoms with Crippen LogP contribution >= 0.6 is 0 Å². The van der Waals surface area contributed by atoms with Crippen molar-refractivity contribution < 1.29 is 4.74 Å². The quantitative estimate of drug-likeness (QED) is 0.438. The van der Waals surface area contributed by atoms with Gasteiger partial charge in [-0.1, -0.05) is 77.9 Å². The van der Waals surface area contributed by atoms with Gasteiger partial charge in [0, 0.05) is 22.7 Å². The highest BCUT2D eigenvalue weighted by molar-refractivity contribution is 6.05. The second-order valence-electron chi connectivity index (χ2n) is 7.03. The molecular weight excluding hydrogens is 330 g/mol. The maximum absolute atomic E-state index is 6.48. The van der Waals surface area contributed by atoms with Gasteiger partial charge in [0.15, 0.2) is 0 Å². The highest BCUT2D eigenvalue weighted by atomic mass is 16.5. The van der Waals surface area contributed by atoms with Crippen LogP contribution in [-0.4, -0.2) is 0 Å². The molecule has 0 aromatic heterocycles. The molecule has 0 atom stereocenters. The van der Waals surface area contributed by atoms with Crippen molar-refractivity contribution in [3.8, 4) is 16.9 Å². The van der Waals surface area contributed by atoms with E-state index in [4.69, 9.17) is 10.5 Å². The van der Waals surface area contributed by atoms with Crippen LogP contribution in [0.25, 0.3) is 21.9 Å². The Labute approximate surface area is 160 Å². The first kappa shape index (κ1) is 17.2. The molecule has 2 nitrogen and oxygen atoms in total. The van der Waals surface area contributed by atoms with E-state index in [0.717, 1.165) is 38.9 Å². The van der Waals surface area contributed by atoms with Gasteiger partial charge >= 0.3 is 0 Å². The normalized spacial score (nSPS) is 10.9. The fourth-order valence-electron chi connectivity index (χ4n) is 3.42. The molecule has 0 spiro atoms. The van der Waals surface area contributed by atoms with E-state index in [-0.39, 0.29) is 0 Å². The predicted octanol–water partition coefficient (Wildman–Crippen LogP) is 6.28. The number of aryl methyl sites for hydroxylation is 2. The first-order valence-electron chi connectivity index (χ1n) is 9.18. The molecule has 4 rings (SSSR count). The van der Waals surface area contributed by atoms with Crippen LogP contribution in [0.2, 0.25) is 0 Å². The van der Waals surface area contributed by atoms with Crippen LogP contribution in [0.1, 0.15) is 16.7 Å². The second-order valence-corrected chi connectivity index (χ2v) is 7.03. The topological polar surface area (TPSA) is 35.2 Å². The summed E-state index contributed by atoms with van der Waals surface area (Å²) in [4.78, 5) is 0. The molecule has 134 valence electrons. The first-order chi connectivity index (χ1) is 13.1. The highest BCUT2D eigenvalue weighted by Crippen LogP contribution is 2.40. The Morgan fingerprint density at radius 3 is 2.19 bits per heavy atom. The number of hydrogen-bond acceptors (Lipinski definition) is 2. The number of hydrogen-bond donors (Lipinski definition) is 1. The average molecular weight is 353 g/mol. The van der Waals surface area contributed by atoms with Crippen molar-refractivity contribution in [3.05, 3.63) is 95.6 Å². The van der Waals surface area contributed by atoms with Gasteiger partial charge in [0.2, 0.25) is 0 Å². The average Bonchev–Trinajstić information content (AvgIpc) is 2.68. The third kappa shape index (κ3) is 3.52. The minimum atomic E-state index is 0.521. The minimum absolute atomic E-state index is 0.521. The van der Waals surface area contributed by atoms with Gasteiger partial charge in [-0.05, 0) is 36.4 Å².